The summed E-state index contributed by atoms with van der Waals surface area (Å²) in [5.74, 6) is -1.82. The van der Waals surface area contributed by atoms with Gasteiger partial charge in [-0.05, 0) is 49.9 Å². The van der Waals surface area contributed by atoms with Crippen LogP contribution in [0.3, 0.4) is 0 Å². The Balaban J connectivity index is 0.000000708. The van der Waals surface area contributed by atoms with E-state index in [2.05, 4.69) is 33.8 Å². The number of pyridine rings is 1. The van der Waals surface area contributed by atoms with Gasteiger partial charge in [-0.15, -0.1) is 0 Å². The summed E-state index contributed by atoms with van der Waals surface area (Å²) >= 11 is 0. The topological polar surface area (TPSA) is 132 Å². The van der Waals surface area contributed by atoms with Gasteiger partial charge in [0.1, 0.15) is 5.82 Å². The van der Waals surface area contributed by atoms with E-state index in [0.717, 1.165) is 38.2 Å². The summed E-state index contributed by atoms with van der Waals surface area (Å²) < 4.78 is 60.3. The van der Waals surface area contributed by atoms with E-state index < -0.39 is 22.2 Å². The summed E-state index contributed by atoms with van der Waals surface area (Å²) in [5, 5.41) is 10.4. The van der Waals surface area contributed by atoms with Gasteiger partial charge < -0.3 is 20.2 Å². The Morgan fingerprint density at radius 1 is 1.12 bits per heavy atom. The number of hydrogen-bond acceptors (Lipinski definition) is 7. The van der Waals surface area contributed by atoms with Crippen LogP contribution in [-0.4, -0.2) is 80.7 Å². The SMILES string of the molecule is CCN(CC)C(=O)c1cc(NS(=O)(=O)c2ccc(CC(C)C)cc2)cnc1N1CCNCC1.O=C(O)C(F)(F)F. The number of sulfonamides is 1. The fourth-order valence-corrected chi connectivity index (χ4v) is 5.00. The first-order valence-electron chi connectivity index (χ1n) is 12.9. The van der Waals surface area contributed by atoms with E-state index in [0.29, 0.717) is 30.4 Å². The van der Waals surface area contributed by atoms with E-state index in [1.807, 2.05) is 26.0 Å². The Bertz CT molecular complexity index is 1240. The van der Waals surface area contributed by atoms with E-state index in [1.165, 1.54) is 6.20 Å². The zero-order valence-electron chi connectivity index (χ0n) is 23.0. The van der Waals surface area contributed by atoms with Crippen molar-refractivity contribution in [2.45, 2.75) is 45.2 Å². The molecule has 0 bridgehead atoms. The lowest BCUT2D eigenvalue weighted by atomic mass is 10.0. The highest BCUT2D eigenvalue weighted by atomic mass is 32.2. The van der Waals surface area contributed by atoms with Crippen LogP contribution in [0.2, 0.25) is 0 Å². The predicted molar refractivity (Wildman–Crippen MR) is 146 cm³/mol. The van der Waals surface area contributed by atoms with Crippen molar-refractivity contribution in [2.75, 3.05) is 48.9 Å². The molecular formula is C26H36F3N5O5S. The van der Waals surface area contributed by atoms with Gasteiger partial charge in [0.2, 0.25) is 0 Å². The lowest BCUT2D eigenvalue weighted by molar-refractivity contribution is -0.192. The molecule has 0 unspecified atom stereocenters. The molecule has 1 aromatic carbocycles. The molecule has 0 aliphatic carbocycles. The normalized spacial score (nSPS) is 13.8. The van der Waals surface area contributed by atoms with Crippen LogP contribution in [0.15, 0.2) is 41.4 Å². The molecule has 3 rings (SSSR count). The zero-order chi connectivity index (χ0) is 30.1. The molecule has 1 saturated heterocycles. The molecule has 0 spiro atoms. The number of nitrogens with zero attached hydrogens (tertiary/aromatic N) is 3. The number of carbonyl (C=O) groups excluding carboxylic acids is 1. The summed E-state index contributed by atoms with van der Waals surface area (Å²) in [6.45, 7) is 12.3. The first-order valence-corrected chi connectivity index (χ1v) is 14.3. The van der Waals surface area contributed by atoms with Crippen LogP contribution in [0.4, 0.5) is 24.7 Å². The number of carboxylic acids is 1. The lowest BCUT2D eigenvalue weighted by Gasteiger charge is -2.31. The molecule has 1 aromatic heterocycles. The molecule has 14 heteroatoms. The van der Waals surface area contributed by atoms with Gasteiger partial charge in [-0.2, -0.15) is 13.2 Å². The van der Waals surface area contributed by atoms with Gasteiger partial charge in [0, 0.05) is 39.3 Å². The monoisotopic (exact) mass is 587 g/mol. The van der Waals surface area contributed by atoms with Gasteiger partial charge in [-0.25, -0.2) is 18.2 Å². The maximum absolute atomic E-state index is 13.3. The minimum Gasteiger partial charge on any atom is -0.475 e. The van der Waals surface area contributed by atoms with Gasteiger partial charge in [0.15, 0.2) is 0 Å². The molecule has 0 radical (unpaired) electrons. The molecule has 2 heterocycles. The largest absolute Gasteiger partial charge is 0.490 e. The summed E-state index contributed by atoms with van der Waals surface area (Å²) in [6.07, 6.45) is -2.71. The van der Waals surface area contributed by atoms with Crippen molar-refractivity contribution in [2.24, 2.45) is 5.92 Å². The zero-order valence-corrected chi connectivity index (χ0v) is 23.8. The van der Waals surface area contributed by atoms with Crippen LogP contribution in [0.25, 0.3) is 0 Å². The smallest absolute Gasteiger partial charge is 0.475 e. The van der Waals surface area contributed by atoms with Crippen molar-refractivity contribution in [3.05, 3.63) is 47.7 Å². The van der Waals surface area contributed by atoms with Crippen molar-refractivity contribution < 1.29 is 36.3 Å². The van der Waals surface area contributed by atoms with Gasteiger partial charge >= 0.3 is 12.1 Å². The van der Waals surface area contributed by atoms with Crippen molar-refractivity contribution in [3.8, 4) is 0 Å². The Labute approximate surface area is 232 Å². The fourth-order valence-electron chi connectivity index (χ4n) is 3.97. The minimum absolute atomic E-state index is 0.153. The van der Waals surface area contributed by atoms with Crippen LogP contribution in [-0.2, 0) is 21.2 Å². The third-order valence-electron chi connectivity index (χ3n) is 5.94. The van der Waals surface area contributed by atoms with E-state index in [1.54, 1.807) is 23.1 Å². The molecule has 1 aliphatic heterocycles. The number of benzene rings is 1. The van der Waals surface area contributed by atoms with Crippen LogP contribution in [0, 0.1) is 5.92 Å². The summed E-state index contributed by atoms with van der Waals surface area (Å²) in [4.78, 5) is 30.6. The Morgan fingerprint density at radius 2 is 1.68 bits per heavy atom. The molecule has 0 saturated carbocycles. The average Bonchev–Trinajstić information content (AvgIpc) is 2.89. The van der Waals surface area contributed by atoms with E-state index in [9.17, 15) is 26.4 Å². The second-order valence-electron chi connectivity index (χ2n) is 9.46. The first kappa shape index (κ1) is 32.8. The van der Waals surface area contributed by atoms with E-state index >= 15 is 0 Å². The van der Waals surface area contributed by atoms with Gasteiger partial charge in [-0.1, -0.05) is 26.0 Å². The molecule has 10 nitrogen and oxygen atoms in total. The molecule has 1 amide bonds. The number of aromatic nitrogens is 1. The first-order chi connectivity index (χ1) is 18.7. The summed E-state index contributed by atoms with van der Waals surface area (Å²) in [6, 6.07) is 8.52. The maximum Gasteiger partial charge on any atom is 0.490 e. The van der Waals surface area contributed by atoms with Crippen LogP contribution in [0.1, 0.15) is 43.6 Å². The molecule has 40 heavy (non-hydrogen) atoms. The van der Waals surface area contributed by atoms with Crippen molar-refractivity contribution in [3.63, 3.8) is 0 Å². The highest BCUT2D eigenvalue weighted by Crippen LogP contribution is 2.25. The number of aliphatic carboxylic acids is 1. The molecule has 222 valence electrons. The molecule has 0 atom stereocenters. The lowest BCUT2D eigenvalue weighted by Crippen LogP contribution is -2.45. The number of nitrogens with one attached hydrogen (secondary N) is 2. The van der Waals surface area contributed by atoms with Crippen molar-refractivity contribution >= 4 is 33.4 Å². The molecule has 2 aromatic rings. The number of hydrogen-bond donors (Lipinski definition) is 3. The van der Waals surface area contributed by atoms with Gasteiger partial charge in [0.05, 0.1) is 22.3 Å². The second kappa shape index (κ2) is 14.3. The maximum atomic E-state index is 13.3. The quantitative estimate of drug-likeness (QED) is 0.406. The van der Waals surface area contributed by atoms with E-state index in [-0.39, 0.29) is 16.5 Å². The Morgan fingerprint density at radius 3 is 2.15 bits per heavy atom. The van der Waals surface area contributed by atoms with E-state index in [4.69, 9.17) is 9.90 Å². The molecule has 1 fully saturated rings. The number of piperazine rings is 1. The van der Waals surface area contributed by atoms with Gasteiger partial charge in [-0.3, -0.25) is 9.52 Å². The fraction of sp³-hybridized carbons (Fsp3) is 0.500. The standard InChI is InChI=1S/C24H35N5O3S.C2HF3O2/c1-5-28(6-2)24(30)22-16-20(17-26-23(22)29-13-11-25-12-14-29)27-33(31,32)21-9-7-19(8-10-21)15-18(3)4;3-2(4,5)1(6)7/h7-10,16-18,25,27H,5-6,11-15H2,1-4H3;(H,6,7). The number of carboxylic acid groups (broad SMARTS) is 1. The number of carbonyl (C=O) groups is 2. The number of rotatable bonds is 9. The number of anilines is 2. The minimum atomic E-state index is -5.08. The number of halogens is 3. The molecule has 1 aliphatic rings. The van der Waals surface area contributed by atoms with Crippen molar-refractivity contribution in [1.29, 1.82) is 0 Å². The second-order valence-corrected chi connectivity index (χ2v) is 11.1. The van der Waals surface area contributed by atoms with Crippen LogP contribution in [0.5, 0.6) is 0 Å². The van der Waals surface area contributed by atoms with Crippen LogP contribution < -0.4 is 14.9 Å². The Kier molecular flexibility index (Phi) is 11.7. The number of alkyl halides is 3. The summed E-state index contributed by atoms with van der Waals surface area (Å²) in [7, 11) is -3.81. The number of amides is 1. The highest BCUT2D eigenvalue weighted by Gasteiger charge is 2.38. The van der Waals surface area contributed by atoms with Gasteiger partial charge in [0.25, 0.3) is 15.9 Å². The van der Waals surface area contributed by atoms with Crippen molar-refractivity contribution in [1.82, 2.24) is 15.2 Å². The molecule has 3 N–H and O–H groups in total. The molecular weight excluding hydrogens is 551 g/mol. The predicted octanol–water partition coefficient (Wildman–Crippen LogP) is 3.61. The summed E-state index contributed by atoms with van der Waals surface area (Å²) in [5.41, 5.74) is 1.78. The highest BCUT2D eigenvalue weighted by molar-refractivity contribution is 7.92. The third-order valence-corrected chi connectivity index (χ3v) is 7.33. The van der Waals surface area contributed by atoms with Crippen LogP contribution >= 0.6 is 0 Å². The third kappa shape index (κ3) is 9.37. The Hall–Kier alpha value is -3.39. The average molecular weight is 588 g/mol.